The molecule has 6 heteroatoms. The predicted molar refractivity (Wildman–Crippen MR) is 92.8 cm³/mol. The van der Waals surface area contributed by atoms with E-state index in [1.165, 1.54) is 0 Å². The van der Waals surface area contributed by atoms with Crippen LogP contribution in [0.15, 0.2) is 18.2 Å². The van der Waals surface area contributed by atoms with Crippen molar-refractivity contribution in [2.75, 3.05) is 18.0 Å². The van der Waals surface area contributed by atoms with Gasteiger partial charge in [0.15, 0.2) is 5.13 Å². The van der Waals surface area contributed by atoms with E-state index in [4.69, 9.17) is 16.6 Å². The fraction of sp³-hybridized carbons (Fsp3) is 0.500. The molecule has 1 N–H and O–H groups in total. The van der Waals surface area contributed by atoms with E-state index in [1.807, 2.05) is 18.2 Å². The maximum atomic E-state index is 11.4. The molecule has 0 radical (unpaired) electrons. The molecule has 0 aliphatic carbocycles. The van der Waals surface area contributed by atoms with Gasteiger partial charge in [0.25, 0.3) is 0 Å². The van der Waals surface area contributed by atoms with Gasteiger partial charge in [-0.1, -0.05) is 36.8 Å². The number of amides is 1. The van der Waals surface area contributed by atoms with Gasteiger partial charge in [-0.3, -0.25) is 4.79 Å². The first-order chi connectivity index (χ1) is 10.4. The average Bonchev–Trinajstić information content (AvgIpc) is 3.01. The van der Waals surface area contributed by atoms with Gasteiger partial charge in [-0.25, -0.2) is 4.98 Å². The van der Waals surface area contributed by atoms with Gasteiger partial charge in [-0.15, -0.1) is 0 Å². The molecule has 1 aromatic carbocycles. The first kappa shape index (κ1) is 15.6. The number of anilines is 1. The summed E-state index contributed by atoms with van der Waals surface area (Å²) in [5.74, 6) is 0.999. The summed E-state index contributed by atoms with van der Waals surface area (Å²) in [5.41, 5.74) is 0.980. The number of nitrogens with one attached hydrogen (secondary N) is 1. The Hall–Kier alpha value is -1.33. The fourth-order valence-electron chi connectivity index (χ4n) is 3.10. The van der Waals surface area contributed by atoms with E-state index in [0.717, 1.165) is 33.5 Å². The van der Waals surface area contributed by atoms with E-state index >= 15 is 0 Å². The van der Waals surface area contributed by atoms with Crippen LogP contribution in [0.2, 0.25) is 5.02 Å². The SMILES string of the molecule is CC(=O)NC1CN(c2nc3ccc(Cl)cc3s2)CC1C(C)C. The van der Waals surface area contributed by atoms with Gasteiger partial charge in [0.1, 0.15) is 0 Å². The maximum absolute atomic E-state index is 11.4. The number of benzene rings is 1. The summed E-state index contributed by atoms with van der Waals surface area (Å²) in [5, 5.41) is 4.84. The van der Waals surface area contributed by atoms with Crippen LogP contribution in [0, 0.1) is 11.8 Å². The monoisotopic (exact) mass is 337 g/mol. The van der Waals surface area contributed by atoms with Gasteiger partial charge in [0.05, 0.1) is 16.3 Å². The van der Waals surface area contributed by atoms with E-state index in [9.17, 15) is 4.79 Å². The first-order valence-corrected chi connectivity index (χ1v) is 8.71. The molecule has 0 spiro atoms. The van der Waals surface area contributed by atoms with E-state index < -0.39 is 0 Å². The zero-order valence-corrected chi connectivity index (χ0v) is 14.5. The van der Waals surface area contributed by atoms with Gasteiger partial charge in [0, 0.05) is 31.0 Å². The molecule has 0 saturated carbocycles. The summed E-state index contributed by atoms with van der Waals surface area (Å²) in [7, 11) is 0. The Kier molecular flexibility index (Phi) is 4.28. The third-order valence-electron chi connectivity index (χ3n) is 4.22. The van der Waals surface area contributed by atoms with Crippen LogP contribution in [0.25, 0.3) is 10.2 Å². The summed E-state index contributed by atoms with van der Waals surface area (Å²) < 4.78 is 1.10. The summed E-state index contributed by atoms with van der Waals surface area (Å²) in [4.78, 5) is 18.4. The Bertz CT molecular complexity index is 700. The molecule has 1 amide bonds. The molecule has 2 heterocycles. The normalized spacial score (nSPS) is 21.8. The zero-order chi connectivity index (χ0) is 15.9. The molecule has 1 fully saturated rings. The smallest absolute Gasteiger partial charge is 0.217 e. The fourth-order valence-corrected chi connectivity index (χ4v) is 4.36. The molecular weight excluding hydrogens is 318 g/mol. The number of rotatable bonds is 3. The second-order valence-corrected chi connectivity index (χ2v) is 7.67. The number of carbonyl (C=O) groups excluding carboxylic acids is 1. The first-order valence-electron chi connectivity index (χ1n) is 7.52. The van der Waals surface area contributed by atoms with Crippen molar-refractivity contribution in [2.24, 2.45) is 11.8 Å². The minimum absolute atomic E-state index is 0.0357. The highest BCUT2D eigenvalue weighted by Crippen LogP contribution is 2.35. The number of hydrogen-bond acceptors (Lipinski definition) is 4. The Morgan fingerprint density at radius 1 is 1.45 bits per heavy atom. The third kappa shape index (κ3) is 3.06. The molecule has 118 valence electrons. The van der Waals surface area contributed by atoms with Crippen molar-refractivity contribution in [1.29, 1.82) is 0 Å². The number of carbonyl (C=O) groups is 1. The van der Waals surface area contributed by atoms with Crippen molar-refractivity contribution < 1.29 is 4.79 Å². The van der Waals surface area contributed by atoms with Gasteiger partial charge >= 0.3 is 0 Å². The molecular formula is C16H20ClN3OS. The Labute approximate surface area is 139 Å². The Morgan fingerprint density at radius 2 is 2.23 bits per heavy atom. The summed E-state index contributed by atoms with van der Waals surface area (Å²) in [6.07, 6.45) is 0. The van der Waals surface area contributed by atoms with Crippen molar-refractivity contribution >= 4 is 44.2 Å². The lowest BCUT2D eigenvalue weighted by Crippen LogP contribution is -2.40. The van der Waals surface area contributed by atoms with Crippen LogP contribution in [0.4, 0.5) is 5.13 Å². The van der Waals surface area contributed by atoms with E-state index in [1.54, 1.807) is 18.3 Å². The molecule has 22 heavy (non-hydrogen) atoms. The van der Waals surface area contributed by atoms with Crippen molar-refractivity contribution in [1.82, 2.24) is 10.3 Å². The molecule has 1 aromatic heterocycles. The second kappa shape index (κ2) is 6.05. The van der Waals surface area contributed by atoms with Gasteiger partial charge in [-0.05, 0) is 24.1 Å². The van der Waals surface area contributed by atoms with Crippen molar-refractivity contribution in [3.8, 4) is 0 Å². The van der Waals surface area contributed by atoms with Crippen molar-refractivity contribution in [3.05, 3.63) is 23.2 Å². The highest BCUT2D eigenvalue weighted by atomic mass is 35.5. The highest BCUT2D eigenvalue weighted by molar-refractivity contribution is 7.22. The molecule has 3 rings (SSSR count). The van der Waals surface area contributed by atoms with E-state index in [-0.39, 0.29) is 11.9 Å². The lowest BCUT2D eigenvalue weighted by molar-refractivity contribution is -0.119. The van der Waals surface area contributed by atoms with Crippen LogP contribution in [0.1, 0.15) is 20.8 Å². The van der Waals surface area contributed by atoms with E-state index in [2.05, 4.69) is 24.1 Å². The number of nitrogens with zero attached hydrogens (tertiary/aromatic N) is 2. The lowest BCUT2D eigenvalue weighted by Gasteiger charge is -2.21. The Balaban J connectivity index is 1.85. The molecule has 4 nitrogen and oxygen atoms in total. The molecule has 1 saturated heterocycles. The molecule has 0 bridgehead atoms. The number of thiazole rings is 1. The van der Waals surface area contributed by atoms with Crippen LogP contribution in [0.5, 0.6) is 0 Å². The summed E-state index contributed by atoms with van der Waals surface area (Å²) in [6, 6.07) is 5.97. The van der Waals surface area contributed by atoms with E-state index in [0.29, 0.717) is 11.8 Å². The standard InChI is InChI=1S/C16H20ClN3OS/c1-9(2)12-7-20(8-14(12)18-10(3)21)16-19-13-5-4-11(17)6-15(13)22-16/h4-6,9,12,14H,7-8H2,1-3H3,(H,18,21). The quantitative estimate of drug-likeness (QED) is 0.931. The highest BCUT2D eigenvalue weighted by Gasteiger charge is 2.36. The minimum atomic E-state index is 0.0357. The van der Waals surface area contributed by atoms with Crippen LogP contribution < -0.4 is 10.2 Å². The molecule has 1 aliphatic rings. The van der Waals surface area contributed by atoms with Crippen molar-refractivity contribution in [3.63, 3.8) is 0 Å². The molecule has 1 aliphatic heterocycles. The molecule has 2 aromatic rings. The summed E-state index contributed by atoms with van der Waals surface area (Å²) >= 11 is 7.71. The maximum Gasteiger partial charge on any atom is 0.217 e. The number of halogens is 1. The molecule has 2 unspecified atom stereocenters. The minimum Gasteiger partial charge on any atom is -0.351 e. The van der Waals surface area contributed by atoms with Crippen LogP contribution in [-0.2, 0) is 4.79 Å². The van der Waals surface area contributed by atoms with Crippen molar-refractivity contribution in [2.45, 2.75) is 26.8 Å². The van der Waals surface area contributed by atoms with Gasteiger partial charge in [-0.2, -0.15) is 0 Å². The third-order valence-corrected chi connectivity index (χ3v) is 5.53. The van der Waals surface area contributed by atoms with Gasteiger partial charge in [0.2, 0.25) is 5.91 Å². The molecule has 2 atom stereocenters. The number of fused-ring (bicyclic) bond motifs is 1. The average molecular weight is 338 g/mol. The predicted octanol–water partition coefficient (Wildman–Crippen LogP) is 3.55. The second-order valence-electron chi connectivity index (χ2n) is 6.23. The topological polar surface area (TPSA) is 45.2 Å². The number of aromatic nitrogens is 1. The van der Waals surface area contributed by atoms with Crippen LogP contribution in [-0.4, -0.2) is 30.0 Å². The largest absolute Gasteiger partial charge is 0.351 e. The zero-order valence-electron chi connectivity index (χ0n) is 13.0. The lowest BCUT2D eigenvalue weighted by atomic mass is 9.91. The number of hydrogen-bond donors (Lipinski definition) is 1. The van der Waals surface area contributed by atoms with Gasteiger partial charge < -0.3 is 10.2 Å². The van der Waals surface area contributed by atoms with Crippen LogP contribution >= 0.6 is 22.9 Å². The van der Waals surface area contributed by atoms with Crippen LogP contribution in [0.3, 0.4) is 0 Å². The summed E-state index contributed by atoms with van der Waals surface area (Å²) in [6.45, 7) is 7.74. The Morgan fingerprint density at radius 3 is 2.91 bits per heavy atom.